The molecular weight excluding hydrogens is 474 g/mol. The zero-order valence-electron chi connectivity index (χ0n) is 20.1. The first-order valence-corrected chi connectivity index (χ1v) is 13.6. The molecule has 186 valence electrons. The highest BCUT2D eigenvalue weighted by Gasteiger charge is 2.21. The van der Waals surface area contributed by atoms with Crippen molar-refractivity contribution in [2.75, 3.05) is 17.7 Å². The topological polar surface area (TPSA) is 109 Å². The number of hydrogen-bond acceptors (Lipinski definition) is 7. The van der Waals surface area contributed by atoms with Gasteiger partial charge in [-0.3, -0.25) is 5.10 Å². The van der Waals surface area contributed by atoms with E-state index < -0.39 is 9.84 Å². The number of anilines is 3. The molecule has 0 aliphatic heterocycles. The van der Waals surface area contributed by atoms with Crippen molar-refractivity contribution >= 4 is 27.3 Å². The lowest BCUT2D eigenvalue weighted by atomic mass is 9.95. The molecule has 0 radical (unpaired) electrons. The number of nitrogens with zero attached hydrogens (tertiary/aromatic N) is 2. The van der Waals surface area contributed by atoms with E-state index >= 15 is 0 Å². The predicted molar refractivity (Wildman–Crippen MR) is 140 cm³/mol. The van der Waals surface area contributed by atoms with Crippen LogP contribution in [0.4, 0.5) is 17.5 Å². The molecule has 3 N–H and O–H groups in total. The number of pyridine rings is 1. The van der Waals surface area contributed by atoms with Gasteiger partial charge in [0, 0.05) is 18.2 Å². The van der Waals surface area contributed by atoms with Crippen LogP contribution in [-0.4, -0.2) is 36.8 Å². The molecule has 4 aromatic rings. The van der Waals surface area contributed by atoms with E-state index in [-0.39, 0.29) is 15.8 Å². The zero-order chi connectivity index (χ0) is 25.0. The van der Waals surface area contributed by atoms with Crippen LogP contribution >= 0.6 is 0 Å². The molecule has 1 aliphatic rings. The normalized spacial score (nSPS) is 14.4. The third kappa shape index (κ3) is 5.36. The average molecular weight is 504 g/mol. The molecule has 0 bridgehead atoms. The van der Waals surface area contributed by atoms with Gasteiger partial charge in [0.1, 0.15) is 17.4 Å². The van der Waals surface area contributed by atoms with Crippen molar-refractivity contribution in [1.82, 2.24) is 15.2 Å². The summed E-state index contributed by atoms with van der Waals surface area (Å²) in [5.74, 6) is 2.24. The third-order valence-electron chi connectivity index (χ3n) is 6.35. The van der Waals surface area contributed by atoms with Crippen LogP contribution in [0.25, 0.3) is 11.3 Å². The Morgan fingerprint density at radius 3 is 2.31 bits per heavy atom. The first-order chi connectivity index (χ1) is 17.5. The van der Waals surface area contributed by atoms with E-state index in [1.165, 1.54) is 6.42 Å². The Hall–Kier alpha value is -3.85. The molecule has 0 saturated heterocycles. The lowest BCUT2D eigenvalue weighted by molar-refractivity contribution is 0.415. The van der Waals surface area contributed by atoms with Crippen LogP contribution in [0, 0.1) is 0 Å². The van der Waals surface area contributed by atoms with E-state index in [9.17, 15) is 8.42 Å². The van der Waals surface area contributed by atoms with Crippen LogP contribution in [0.5, 0.6) is 5.75 Å². The van der Waals surface area contributed by atoms with Gasteiger partial charge in [-0.2, -0.15) is 5.10 Å². The lowest BCUT2D eigenvalue weighted by Gasteiger charge is -2.23. The molecule has 36 heavy (non-hydrogen) atoms. The molecule has 0 amide bonds. The van der Waals surface area contributed by atoms with E-state index in [0.717, 1.165) is 42.7 Å². The van der Waals surface area contributed by atoms with Gasteiger partial charge in [0.2, 0.25) is 9.84 Å². The van der Waals surface area contributed by atoms with Crippen LogP contribution in [0.15, 0.2) is 82.6 Å². The number of benzene rings is 2. The second kappa shape index (κ2) is 10.4. The third-order valence-corrected chi connectivity index (χ3v) is 8.10. The Labute approximate surface area is 211 Å². The first-order valence-electron chi connectivity index (χ1n) is 12.1. The number of nitrogens with one attached hydrogen (secondary N) is 3. The fraction of sp³-hybridized carbons (Fsp3) is 0.259. The summed E-state index contributed by atoms with van der Waals surface area (Å²) in [5.41, 5.74) is 1.76. The summed E-state index contributed by atoms with van der Waals surface area (Å²) in [6.07, 6.45) is 5.64. The fourth-order valence-corrected chi connectivity index (χ4v) is 5.75. The molecule has 2 aromatic heterocycles. The predicted octanol–water partition coefficient (Wildman–Crippen LogP) is 5.80. The second-order valence-electron chi connectivity index (χ2n) is 8.89. The van der Waals surface area contributed by atoms with E-state index in [4.69, 9.17) is 4.74 Å². The maximum atomic E-state index is 13.4. The maximum absolute atomic E-state index is 13.4. The standard InChI is InChI=1S/C27H29N5O3S/c1-35-21-14-12-19(13-15-21)24-18-27(32-31-24)30-26-17-23(36(33,34)22-10-6-3-7-11-22)16-25(29-26)28-20-8-4-2-5-9-20/h3,6-7,10-18,20H,2,4-5,8-9H2,1H3,(H3,28,29,30,31,32). The van der Waals surface area contributed by atoms with E-state index in [1.54, 1.807) is 49.6 Å². The van der Waals surface area contributed by atoms with Crippen molar-refractivity contribution in [3.05, 3.63) is 72.8 Å². The summed E-state index contributed by atoms with van der Waals surface area (Å²) in [5, 5.41) is 14.0. The van der Waals surface area contributed by atoms with Crippen LogP contribution in [0.3, 0.4) is 0 Å². The molecule has 9 heteroatoms. The lowest BCUT2D eigenvalue weighted by Crippen LogP contribution is -2.23. The minimum Gasteiger partial charge on any atom is -0.497 e. The van der Waals surface area contributed by atoms with Crippen molar-refractivity contribution in [2.24, 2.45) is 0 Å². The van der Waals surface area contributed by atoms with Crippen molar-refractivity contribution in [2.45, 2.75) is 47.9 Å². The van der Waals surface area contributed by atoms with Gasteiger partial charge in [0.15, 0.2) is 5.82 Å². The Balaban J connectivity index is 1.45. The van der Waals surface area contributed by atoms with Crippen LogP contribution in [0.2, 0.25) is 0 Å². The summed E-state index contributed by atoms with van der Waals surface area (Å²) >= 11 is 0. The van der Waals surface area contributed by atoms with Gasteiger partial charge in [-0.25, -0.2) is 13.4 Å². The highest BCUT2D eigenvalue weighted by atomic mass is 32.2. The average Bonchev–Trinajstić information content (AvgIpc) is 3.38. The highest BCUT2D eigenvalue weighted by molar-refractivity contribution is 7.91. The summed E-state index contributed by atoms with van der Waals surface area (Å²) in [4.78, 5) is 5.10. The smallest absolute Gasteiger partial charge is 0.206 e. The van der Waals surface area contributed by atoms with Crippen molar-refractivity contribution in [1.29, 1.82) is 0 Å². The summed E-state index contributed by atoms with van der Waals surface area (Å²) in [7, 11) is -2.09. The SMILES string of the molecule is COc1ccc(-c2cc(Nc3cc(S(=O)(=O)c4ccccc4)cc(NC4CCCCC4)n3)n[nH]2)cc1. The number of H-pyrrole nitrogens is 1. The van der Waals surface area contributed by atoms with E-state index in [0.29, 0.717) is 17.5 Å². The van der Waals surface area contributed by atoms with Gasteiger partial charge in [0.25, 0.3) is 0 Å². The number of aromatic amines is 1. The van der Waals surface area contributed by atoms with Crippen molar-refractivity contribution in [3.63, 3.8) is 0 Å². The summed E-state index contributed by atoms with van der Waals surface area (Å²) in [6, 6.07) is 21.4. The molecule has 1 fully saturated rings. The van der Waals surface area contributed by atoms with E-state index in [2.05, 4.69) is 25.8 Å². The second-order valence-corrected chi connectivity index (χ2v) is 10.8. The summed E-state index contributed by atoms with van der Waals surface area (Å²) in [6.45, 7) is 0. The van der Waals surface area contributed by atoms with E-state index in [1.807, 2.05) is 30.3 Å². The molecule has 0 atom stereocenters. The largest absolute Gasteiger partial charge is 0.497 e. The number of hydrogen-bond donors (Lipinski definition) is 3. The first kappa shape index (κ1) is 23.9. The summed E-state index contributed by atoms with van der Waals surface area (Å²) < 4.78 is 32.0. The molecule has 1 saturated carbocycles. The van der Waals surface area contributed by atoms with Crippen molar-refractivity contribution in [3.8, 4) is 17.0 Å². The van der Waals surface area contributed by atoms with Gasteiger partial charge < -0.3 is 15.4 Å². The van der Waals surface area contributed by atoms with Gasteiger partial charge in [-0.15, -0.1) is 0 Å². The Morgan fingerprint density at radius 2 is 1.58 bits per heavy atom. The van der Waals surface area contributed by atoms with Crippen LogP contribution < -0.4 is 15.4 Å². The fourth-order valence-electron chi connectivity index (χ4n) is 4.43. The number of ether oxygens (including phenoxy) is 1. The molecule has 0 unspecified atom stereocenters. The van der Waals surface area contributed by atoms with Crippen molar-refractivity contribution < 1.29 is 13.2 Å². The highest BCUT2D eigenvalue weighted by Crippen LogP contribution is 2.29. The number of rotatable bonds is 8. The number of methoxy groups -OCH3 is 1. The molecule has 0 spiro atoms. The Bertz CT molecular complexity index is 1410. The molecule has 8 nitrogen and oxygen atoms in total. The molecule has 2 aromatic carbocycles. The van der Waals surface area contributed by atoms with Gasteiger partial charge in [-0.1, -0.05) is 37.5 Å². The quantitative estimate of drug-likeness (QED) is 0.279. The van der Waals surface area contributed by atoms with Crippen LogP contribution in [0.1, 0.15) is 32.1 Å². The van der Waals surface area contributed by atoms with Crippen LogP contribution in [-0.2, 0) is 9.84 Å². The molecule has 5 rings (SSSR count). The van der Waals surface area contributed by atoms with Gasteiger partial charge in [0.05, 0.1) is 22.6 Å². The monoisotopic (exact) mass is 503 g/mol. The molecule has 2 heterocycles. The minimum absolute atomic E-state index is 0.176. The molecular formula is C27H29N5O3S. The maximum Gasteiger partial charge on any atom is 0.206 e. The minimum atomic E-state index is -3.72. The molecule has 1 aliphatic carbocycles. The Kier molecular flexibility index (Phi) is 6.90. The van der Waals surface area contributed by atoms with Gasteiger partial charge in [-0.05, 0) is 60.9 Å². The Morgan fingerprint density at radius 1 is 0.861 bits per heavy atom. The number of sulfone groups is 1. The zero-order valence-corrected chi connectivity index (χ0v) is 20.9. The van der Waals surface area contributed by atoms with Gasteiger partial charge >= 0.3 is 0 Å². The number of aromatic nitrogens is 3.